The average molecular weight is 280 g/mol. The minimum absolute atomic E-state index is 0.0370. The summed E-state index contributed by atoms with van der Waals surface area (Å²) in [4.78, 5) is 23.1. The highest BCUT2D eigenvalue weighted by molar-refractivity contribution is 5.98. The molecule has 1 aromatic rings. The van der Waals surface area contributed by atoms with Gasteiger partial charge < -0.3 is 15.7 Å². The first-order valence-corrected chi connectivity index (χ1v) is 6.52. The van der Waals surface area contributed by atoms with E-state index < -0.39 is 11.7 Å². The molecule has 0 saturated carbocycles. The summed E-state index contributed by atoms with van der Waals surface area (Å²) in [5.41, 5.74) is 1.15. The van der Waals surface area contributed by atoms with E-state index in [1.165, 1.54) is 12.1 Å². The number of aliphatic hydroxyl groups excluding tert-OH is 1. The van der Waals surface area contributed by atoms with E-state index in [0.717, 1.165) is 5.56 Å². The van der Waals surface area contributed by atoms with Crippen LogP contribution in [0.4, 0.5) is 10.1 Å². The second kappa shape index (κ2) is 6.00. The Bertz CT molecular complexity index is 545. The lowest BCUT2D eigenvalue weighted by Crippen LogP contribution is -2.30. The molecule has 1 aliphatic heterocycles. The van der Waals surface area contributed by atoms with Crippen molar-refractivity contribution in [3.8, 4) is 0 Å². The molecule has 0 radical (unpaired) electrons. The number of hydrogen-bond acceptors (Lipinski definition) is 3. The van der Waals surface area contributed by atoms with Gasteiger partial charge in [-0.15, -0.1) is 0 Å². The van der Waals surface area contributed by atoms with E-state index in [0.29, 0.717) is 18.5 Å². The number of anilines is 1. The highest BCUT2D eigenvalue weighted by Gasteiger charge is 2.20. The topological polar surface area (TPSA) is 78.4 Å². The number of amides is 2. The van der Waals surface area contributed by atoms with Crippen LogP contribution in [0.3, 0.4) is 0 Å². The number of fused-ring (bicyclic) bond motifs is 1. The minimum Gasteiger partial charge on any atom is -0.396 e. The fourth-order valence-electron chi connectivity index (χ4n) is 2.00. The lowest BCUT2D eigenvalue weighted by molar-refractivity contribution is -0.116. The van der Waals surface area contributed by atoms with Gasteiger partial charge in [-0.05, 0) is 30.0 Å². The quantitative estimate of drug-likeness (QED) is 0.772. The molecule has 1 aromatic carbocycles. The van der Waals surface area contributed by atoms with Crippen LogP contribution in [0.15, 0.2) is 12.1 Å². The molecule has 1 aliphatic rings. The van der Waals surface area contributed by atoms with Crippen molar-refractivity contribution in [2.45, 2.75) is 19.8 Å². The van der Waals surface area contributed by atoms with Crippen molar-refractivity contribution in [3.05, 3.63) is 29.1 Å². The fourth-order valence-corrected chi connectivity index (χ4v) is 2.00. The third kappa shape index (κ3) is 3.14. The number of halogens is 1. The van der Waals surface area contributed by atoms with Gasteiger partial charge in [0.2, 0.25) is 5.91 Å². The molecule has 0 fully saturated rings. The van der Waals surface area contributed by atoms with Gasteiger partial charge in [0.15, 0.2) is 0 Å². The maximum Gasteiger partial charge on any atom is 0.254 e. The second-order valence-electron chi connectivity index (χ2n) is 5.04. The average Bonchev–Trinajstić information content (AvgIpc) is 2.43. The third-order valence-electron chi connectivity index (χ3n) is 3.26. The zero-order valence-electron chi connectivity index (χ0n) is 11.2. The Morgan fingerprint density at radius 2 is 2.25 bits per heavy atom. The number of hydrogen-bond donors (Lipinski definition) is 3. The molecule has 1 heterocycles. The lowest BCUT2D eigenvalue weighted by atomic mass is 9.99. The Balaban J connectivity index is 2.16. The smallest absolute Gasteiger partial charge is 0.254 e. The molecule has 0 saturated heterocycles. The van der Waals surface area contributed by atoms with Crippen molar-refractivity contribution in [3.63, 3.8) is 0 Å². The molecule has 0 bridgehead atoms. The summed E-state index contributed by atoms with van der Waals surface area (Å²) < 4.78 is 13.9. The van der Waals surface area contributed by atoms with E-state index in [9.17, 15) is 14.0 Å². The molecular formula is C14H17FN2O3. The highest BCUT2D eigenvalue weighted by Crippen LogP contribution is 2.25. The van der Waals surface area contributed by atoms with Crippen molar-refractivity contribution in [2.24, 2.45) is 5.92 Å². The number of carbonyl (C=O) groups is 2. The molecule has 0 aromatic heterocycles. The number of aliphatic hydroxyl groups is 1. The summed E-state index contributed by atoms with van der Waals surface area (Å²) in [6.07, 6.45) is 0.829. The van der Waals surface area contributed by atoms with Crippen LogP contribution in [-0.2, 0) is 11.2 Å². The summed E-state index contributed by atoms with van der Waals surface area (Å²) in [5, 5.41) is 14.1. The van der Waals surface area contributed by atoms with Crippen molar-refractivity contribution in [1.82, 2.24) is 5.32 Å². The summed E-state index contributed by atoms with van der Waals surface area (Å²) in [6.45, 7) is 2.01. The SMILES string of the molecule is CC(CO)CNC(=O)c1cc2c(cc1F)NC(=O)CC2. The number of rotatable bonds is 4. The molecule has 0 aliphatic carbocycles. The Hall–Kier alpha value is -1.95. The minimum atomic E-state index is -0.667. The van der Waals surface area contributed by atoms with E-state index in [2.05, 4.69) is 10.6 Å². The normalized spacial score (nSPS) is 15.2. The van der Waals surface area contributed by atoms with Crippen molar-refractivity contribution >= 4 is 17.5 Å². The fraction of sp³-hybridized carbons (Fsp3) is 0.429. The van der Waals surface area contributed by atoms with E-state index in [-0.39, 0.29) is 30.5 Å². The van der Waals surface area contributed by atoms with Gasteiger partial charge in [-0.25, -0.2) is 4.39 Å². The lowest BCUT2D eigenvalue weighted by Gasteiger charge is -2.18. The van der Waals surface area contributed by atoms with E-state index in [4.69, 9.17) is 5.11 Å². The molecule has 1 atom stereocenters. The molecule has 2 amide bonds. The first kappa shape index (κ1) is 14.5. The van der Waals surface area contributed by atoms with Crippen LogP contribution in [0, 0.1) is 11.7 Å². The standard InChI is InChI=1S/C14H17FN2O3/c1-8(7-18)6-16-14(20)10-4-9-2-3-13(19)17-12(9)5-11(10)15/h4-5,8,18H,2-3,6-7H2,1H3,(H,16,20)(H,17,19). The maximum absolute atomic E-state index is 13.9. The predicted octanol–water partition coefficient (Wildman–Crippen LogP) is 1.07. The van der Waals surface area contributed by atoms with E-state index >= 15 is 0 Å². The van der Waals surface area contributed by atoms with Crippen molar-refractivity contribution in [1.29, 1.82) is 0 Å². The van der Waals surface area contributed by atoms with Gasteiger partial charge in [-0.2, -0.15) is 0 Å². The highest BCUT2D eigenvalue weighted by atomic mass is 19.1. The van der Waals surface area contributed by atoms with Gasteiger partial charge in [0.05, 0.1) is 5.56 Å². The summed E-state index contributed by atoms with van der Waals surface area (Å²) in [5.74, 6) is -1.41. The third-order valence-corrected chi connectivity index (χ3v) is 3.26. The molecule has 108 valence electrons. The van der Waals surface area contributed by atoms with Crippen molar-refractivity contribution in [2.75, 3.05) is 18.5 Å². The second-order valence-corrected chi connectivity index (χ2v) is 5.04. The van der Waals surface area contributed by atoms with Crippen molar-refractivity contribution < 1.29 is 19.1 Å². The Kier molecular flexibility index (Phi) is 4.34. The van der Waals surface area contributed by atoms with Crippen LogP contribution < -0.4 is 10.6 Å². The van der Waals surface area contributed by atoms with Crippen LogP contribution in [0.5, 0.6) is 0 Å². The Morgan fingerprint density at radius 3 is 2.95 bits per heavy atom. The molecule has 0 spiro atoms. The van der Waals surface area contributed by atoms with Crippen LogP contribution in [0.2, 0.25) is 0 Å². The molecule has 2 rings (SSSR count). The zero-order valence-corrected chi connectivity index (χ0v) is 11.2. The van der Waals surface area contributed by atoms with E-state index in [1.807, 2.05) is 0 Å². The van der Waals surface area contributed by atoms with Crippen LogP contribution >= 0.6 is 0 Å². The summed E-state index contributed by atoms with van der Waals surface area (Å²) in [7, 11) is 0. The zero-order chi connectivity index (χ0) is 14.7. The number of nitrogens with one attached hydrogen (secondary N) is 2. The van der Waals surface area contributed by atoms with Crippen LogP contribution in [-0.4, -0.2) is 30.1 Å². The molecule has 3 N–H and O–H groups in total. The van der Waals surface area contributed by atoms with E-state index in [1.54, 1.807) is 6.92 Å². The van der Waals surface area contributed by atoms with Crippen LogP contribution in [0.25, 0.3) is 0 Å². The van der Waals surface area contributed by atoms with Gasteiger partial charge in [0.25, 0.3) is 5.91 Å². The maximum atomic E-state index is 13.9. The molecule has 1 unspecified atom stereocenters. The van der Waals surface area contributed by atoms with Crippen LogP contribution in [0.1, 0.15) is 29.3 Å². The molecule has 6 heteroatoms. The summed E-state index contributed by atoms with van der Waals surface area (Å²) in [6, 6.07) is 2.65. The number of carbonyl (C=O) groups excluding carboxylic acids is 2. The summed E-state index contributed by atoms with van der Waals surface area (Å²) >= 11 is 0. The first-order chi connectivity index (χ1) is 9.51. The molecule has 5 nitrogen and oxygen atoms in total. The number of benzene rings is 1. The van der Waals surface area contributed by atoms with Gasteiger partial charge in [0.1, 0.15) is 5.82 Å². The molecule has 20 heavy (non-hydrogen) atoms. The molecular weight excluding hydrogens is 263 g/mol. The Labute approximate surface area is 116 Å². The van der Waals surface area contributed by atoms with Gasteiger partial charge in [-0.1, -0.05) is 6.92 Å². The predicted molar refractivity (Wildman–Crippen MR) is 71.9 cm³/mol. The largest absolute Gasteiger partial charge is 0.396 e. The monoisotopic (exact) mass is 280 g/mol. The Morgan fingerprint density at radius 1 is 1.50 bits per heavy atom. The van der Waals surface area contributed by atoms with Gasteiger partial charge >= 0.3 is 0 Å². The van der Waals surface area contributed by atoms with Gasteiger partial charge in [0, 0.05) is 25.3 Å². The number of aryl methyl sites for hydroxylation is 1. The van der Waals surface area contributed by atoms with Gasteiger partial charge in [-0.3, -0.25) is 9.59 Å². The first-order valence-electron chi connectivity index (χ1n) is 6.52.